The van der Waals surface area contributed by atoms with Crippen LogP contribution in [0.5, 0.6) is 0 Å². The number of halogens is 1. The second kappa shape index (κ2) is 7.88. The van der Waals surface area contributed by atoms with Gasteiger partial charge in [-0.25, -0.2) is 4.79 Å². The van der Waals surface area contributed by atoms with Crippen molar-refractivity contribution in [3.63, 3.8) is 0 Å². The molecule has 1 aromatic heterocycles. The Hall–Kier alpha value is -2.39. The summed E-state index contributed by atoms with van der Waals surface area (Å²) in [7, 11) is 1.58. The Kier molecular flexibility index (Phi) is 5.58. The van der Waals surface area contributed by atoms with Gasteiger partial charge in [0.2, 0.25) is 5.91 Å². The van der Waals surface area contributed by atoms with Crippen molar-refractivity contribution >= 4 is 56.5 Å². The number of carbonyl (C=O) groups excluding carboxylic acids is 3. The van der Waals surface area contributed by atoms with Gasteiger partial charge in [0.25, 0.3) is 5.91 Å². The summed E-state index contributed by atoms with van der Waals surface area (Å²) in [6.07, 6.45) is 0. The third-order valence-corrected chi connectivity index (χ3v) is 5.42. The molecule has 2 aromatic rings. The molecular formula is C17H17BrN4O3S. The largest absolute Gasteiger partial charge is 0.336 e. The molecule has 1 aromatic carbocycles. The number of rotatable bonds is 5. The number of nitrogens with one attached hydrogen (secondary N) is 2. The molecule has 2 heterocycles. The predicted octanol–water partition coefficient (Wildman–Crippen LogP) is 2.75. The molecule has 2 N–H and O–H groups in total. The van der Waals surface area contributed by atoms with E-state index in [0.29, 0.717) is 29.3 Å². The first-order valence-electron chi connectivity index (χ1n) is 7.90. The number of thiophene rings is 1. The quantitative estimate of drug-likeness (QED) is 0.755. The van der Waals surface area contributed by atoms with Gasteiger partial charge in [0.1, 0.15) is 0 Å². The minimum Gasteiger partial charge on any atom is -0.336 e. The molecule has 0 radical (unpaired) electrons. The number of carbonyl (C=O) groups is 3. The molecule has 26 heavy (non-hydrogen) atoms. The Morgan fingerprint density at radius 1 is 1.35 bits per heavy atom. The SMILES string of the molecule is CN(CC(=O)Nc1cccc(N2CCNC2=O)c1)C(=O)c1ccc(Br)s1. The van der Waals surface area contributed by atoms with E-state index in [9.17, 15) is 14.4 Å². The molecule has 0 saturated carbocycles. The molecule has 7 nitrogen and oxygen atoms in total. The van der Waals surface area contributed by atoms with E-state index in [-0.39, 0.29) is 24.4 Å². The zero-order valence-corrected chi connectivity index (χ0v) is 16.4. The van der Waals surface area contributed by atoms with Gasteiger partial charge in [-0.05, 0) is 46.3 Å². The average Bonchev–Trinajstić information content (AvgIpc) is 3.22. The van der Waals surface area contributed by atoms with E-state index < -0.39 is 0 Å². The van der Waals surface area contributed by atoms with Gasteiger partial charge in [0.05, 0.1) is 15.2 Å². The number of hydrogen-bond acceptors (Lipinski definition) is 4. The summed E-state index contributed by atoms with van der Waals surface area (Å²) in [6.45, 7) is 1.12. The van der Waals surface area contributed by atoms with E-state index >= 15 is 0 Å². The van der Waals surface area contributed by atoms with E-state index in [2.05, 4.69) is 26.6 Å². The summed E-state index contributed by atoms with van der Waals surface area (Å²) in [5.74, 6) is -0.516. The summed E-state index contributed by atoms with van der Waals surface area (Å²) < 4.78 is 0.862. The van der Waals surface area contributed by atoms with Crippen molar-refractivity contribution in [2.24, 2.45) is 0 Å². The molecule has 9 heteroatoms. The van der Waals surface area contributed by atoms with Crippen LogP contribution in [0, 0.1) is 0 Å². The maximum atomic E-state index is 12.3. The van der Waals surface area contributed by atoms with Crippen LogP contribution >= 0.6 is 27.3 Å². The van der Waals surface area contributed by atoms with Crippen molar-refractivity contribution in [3.8, 4) is 0 Å². The van der Waals surface area contributed by atoms with Crippen LogP contribution in [0.4, 0.5) is 16.2 Å². The first-order chi connectivity index (χ1) is 12.4. The van der Waals surface area contributed by atoms with Gasteiger partial charge in [-0.1, -0.05) is 6.07 Å². The van der Waals surface area contributed by atoms with Crippen molar-refractivity contribution in [2.45, 2.75) is 0 Å². The lowest BCUT2D eigenvalue weighted by atomic mass is 10.2. The molecule has 136 valence electrons. The summed E-state index contributed by atoms with van der Waals surface area (Å²) in [6, 6.07) is 10.4. The normalized spacial score (nSPS) is 13.5. The molecule has 0 bridgehead atoms. The van der Waals surface area contributed by atoms with Crippen LogP contribution in [0.3, 0.4) is 0 Å². The predicted molar refractivity (Wildman–Crippen MR) is 105 cm³/mol. The van der Waals surface area contributed by atoms with Crippen molar-refractivity contribution in [1.29, 1.82) is 0 Å². The van der Waals surface area contributed by atoms with Crippen LogP contribution in [0.15, 0.2) is 40.2 Å². The van der Waals surface area contributed by atoms with E-state index in [4.69, 9.17) is 0 Å². The van der Waals surface area contributed by atoms with Crippen LogP contribution in [0.2, 0.25) is 0 Å². The average molecular weight is 437 g/mol. The monoisotopic (exact) mass is 436 g/mol. The maximum Gasteiger partial charge on any atom is 0.321 e. The molecule has 0 aliphatic carbocycles. The number of anilines is 2. The van der Waals surface area contributed by atoms with Crippen molar-refractivity contribution < 1.29 is 14.4 Å². The van der Waals surface area contributed by atoms with Gasteiger partial charge < -0.3 is 15.5 Å². The topological polar surface area (TPSA) is 81.8 Å². The van der Waals surface area contributed by atoms with Gasteiger partial charge in [-0.3, -0.25) is 14.5 Å². The van der Waals surface area contributed by atoms with Gasteiger partial charge >= 0.3 is 6.03 Å². The Morgan fingerprint density at radius 3 is 2.81 bits per heavy atom. The smallest absolute Gasteiger partial charge is 0.321 e. The van der Waals surface area contributed by atoms with Gasteiger partial charge in [-0.2, -0.15) is 0 Å². The highest BCUT2D eigenvalue weighted by molar-refractivity contribution is 9.11. The highest BCUT2D eigenvalue weighted by Crippen LogP contribution is 2.23. The van der Waals surface area contributed by atoms with Crippen LogP contribution in [0.25, 0.3) is 0 Å². The lowest BCUT2D eigenvalue weighted by Gasteiger charge is -2.17. The second-order valence-corrected chi connectivity index (χ2v) is 8.21. The molecule has 1 aliphatic heterocycles. The van der Waals surface area contributed by atoms with E-state index in [0.717, 1.165) is 3.79 Å². The van der Waals surface area contributed by atoms with E-state index in [1.165, 1.54) is 16.2 Å². The molecule has 0 spiro atoms. The van der Waals surface area contributed by atoms with Crippen LogP contribution in [-0.4, -0.2) is 49.4 Å². The van der Waals surface area contributed by atoms with E-state index in [1.54, 1.807) is 42.3 Å². The standard InChI is InChI=1S/C17H17BrN4O3S/c1-21(16(24)13-5-6-14(18)26-13)10-15(23)20-11-3-2-4-12(9-11)22-8-7-19-17(22)25/h2-6,9H,7-8,10H2,1H3,(H,19,25)(H,20,23). The Balaban J connectivity index is 1.61. The number of urea groups is 1. The maximum absolute atomic E-state index is 12.3. The van der Waals surface area contributed by atoms with Crippen LogP contribution < -0.4 is 15.5 Å². The lowest BCUT2D eigenvalue weighted by molar-refractivity contribution is -0.116. The first kappa shape index (κ1) is 18.4. The molecule has 1 aliphatic rings. The lowest BCUT2D eigenvalue weighted by Crippen LogP contribution is -2.34. The van der Waals surface area contributed by atoms with Gasteiger partial charge in [-0.15, -0.1) is 11.3 Å². The minimum atomic E-state index is -0.306. The zero-order valence-electron chi connectivity index (χ0n) is 14.0. The summed E-state index contributed by atoms with van der Waals surface area (Å²) in [5.41, 5.74) is 1.29. The fourth-order valence-corrected chi connectivity index (χ4v) is 3.96. The highest BCUT2D eigenvalue weighted by Gasteiger charge is 2.21. The summed E-state index contributed by atoms with van der Waals surface area (Å²) in [4.78, 5) is 39.8. The van der Waals surface area contributed by atoms with E-state index in [1.807, 2.05) is 6.07 Å². The molecular weight excluding hydrogens is 420 g/mol. The Bertz CT molecular complexity index is 854. The van der Waals surface area contributed by atoms with Crippen molar-refractivity contribution in [3.05, 3.63) is 45.1 Å². The number of benzene rings is 1. The molecule has 0 atom stereocenters. The Labute approximate surface area is 163 Å². The number of hydrogen-bond donors (Lipinski definition) is 2. The fraction of sp³-hybridized carbons (Fsp3) is 0.235. The molecule has 4 amide bonds. The van der Waals surface area contributed by atoms with Crippen LogP contribution in [-0.2, 0) is 4.79 Å². The minimum absolute atomic E-state index is 0.0667. The first-order valence-corrected chi connectivity index (χ1v) is 9.51. The third kappa shape index (κ3) is 4.23. The van der Waals surface area contributed by atoms with Gasteiger partial charge in [0, 0.05) is 31.5 Å². The zero-order chi connectivity index (χ0) is 18.7. The molecule has 0 unspecified atom stereocenters. The van der Waals surface area contributed by atoms with Crippen LogP contribution in [0.1, 0.15) is 9.67 Å². The molecule has 3 rings (SSSR count). The summed E-state index contributed by atoms with van der Waals surface area (Å²) in [5, 5.41) is 5.50. The number of nitrogens with zero attached hydrogens (tertiary/aromatic N) is 2. The highest BCUT2D eigenvalue weighted by atomic mass is 79.9. The molecule has 1 fully saturated rings. The third-order valence-electron chi connectivity index (χ3n) is 3.81. The number of amides is 4. The second-order valence-electron chi connectivity index (χ2n) is 5.75. The Morgan fingerprint density at radius 2 is 2.15 bits per heavy atom. The van der Waals surface area contributed by atoms with Gasteiger partial charge in [0.15, 0.2) is 0 Å². The van der Waals surface area contributed by atoms with Crippen molar-refractivity contribution in [1.82, 2.24) is 10.2 Å². The molecule has 1 saturated heterocycles. The fourth-order valence-electron chi connectivity index (χ4n) is 2.57. The number of likely N-dealkylation sites (N-methyl/N-ethyl adjacent to an activating group) is 1. The summed E-state index contributed by atoms with van der Waals surface area (Å²) >= 11 is 4.64. The van der Waals surface area contributed by atoms with Crippen molar-refractivity contribution in [2.75, 3.05) is 36.9 Å².